The van der Waals surface area contributed by atoms with E-state index in [2.05, 4.69) is 4.99 Å². The van der Waals surface area contributed by atoms with Gasteiger partial charge in [0.25, 0.3) is 0 Å². The minimum absolute atomic E-state index is 0.0196. The van der Waals surface area contributed by atoms with Crippen molar-refractivity contribution in [1.29, 1.82) is 0 Å². The average molecular weight is 339 g/mol. The molecule has 0 aromatic carbocycles. The predicted molar refractivity (Wildman–Crippen MR) is 97.8 cm³/mol. The number of hydrogen-bond acceptors (Lipinski definition) is 3. The second kappa shape index (κ2) is 14.7. The lowest BCUT2D eigenvalue weighted by atomic mass is 10.0. The third-order valence-electron chi connectivity index (χ3n) is 3.93. The van der Waals surface area contributed by atoms with E-state index in [-0.39, 0.29) is 18.4 Å². The molecule has 0 aliphatic rings. The van der Waals surface area contributed by atoms with E-state index in [1.807, 2.05) is 6.92 Å². The normalized spacial score (nSPS) is 12.6. The van der Waals surface area contributed by atoms with E-state index in [9.17, 15) is 9.59 Å². The Labute approximate surface area is 145 Å². The van der Waals surface area contributed by atoms with Crippen molar-refractivity contribution in [2.45, 2.75) is 71.1 Å². The quantitative estimate of drug-likeness (QED) is 0.139. The van der Waals surface area contributed by atoms with Gasteiger partial charge in [0.05, 0.1) is 6.54 Å². The molecule has 0 aliphatic carbocycles. The van der Waals surface area contributed by atoms with Gasteiger partial charge in [-0.3, -0.25) is 0 Å². The number of aliphatic imine (C=N–C) groups is 1. The van der Waals surface area contributed by atoms with Crippen LogP contribution in [0.15, 0.2) is 16.6 Å². The molecule has 0 fully saturated rings. The molecule has 24 heavy (non-hydrogen) atoms. The molecule has 0 aromatic heterocycles. The first-order chi connectivity index (χ1) is 11.5. The van der Waals surface area contributed by atoms with Crippen molar-refractivity contribution in [3.05, 3.63) is 11.6 Å². The lowest BCUT2D eigenvalue weighted by molar-refractivity contribution is -0.131. The third-order valence-corrected chi connectivity index (χ3v) is 3.93. The van der Waals surface area contributed by atoms with Gasteiger partial charge in [0.2, 0.25) is 0 Å². The van der Waals surface area contributed by atoms with Crippen LogP contribution in [0.1, 0.15) is 71.1 Å². The highest BCUT2D eigenvalue weighted by molar-refractivity contribution is 5.81. The summed E-state index contributed by atoms with van der Waals surface area (Å²) < 4.78 is 0. The van der Waals surface area contributed by atoms with Gasteiger partial charge >= 0.3 is 5.97 Å². The molecule has 5 N–H and O–H groups in total. The van der Waals surface area contributed by atoms with Gasteiger partial charge in [-0.15, -0.1) is 0 Å². The Hall–Kier alpha value is -1.85. The summed E-state index contributed by atoms with van der Waals surface area (Å²) in [5.74, 6) is -0.787. The molecule has 0 amide bonds. The van der Waals surface area contributed by atoms with E-state index in [1.165, 1.54) is 31.8 Å². The van der Waals surface area contributed by atoms with Crippen molar-refractivity contribution < 1.29 is 14.7 Å². The fourth-order valence-electron chi connectivity index (χ4n) is 2.51. The van der Waals surface area contributed by atoms with Crippen molar-refractivity contribution in [3.63, 3.8) is 0 Å². The number of aldehydes is 1. The van der Waals surface area contributed by atoms with Crippen LogP contribution in [0.4, 0.5) is 0 Å². The molecule has 6 heteroatoms. The maximum Gasteiger partial charge on any atom is 0.328 e. The summed E-state index contributed by atoms with van der Waals surface area (Å²) in [5, 5.41) is 8.84. The number of guanidine groups is 1. The second-order valence-corrected chi connectivity index (χ2v) is 6.36. The van der Waals surface area contributed by atoms with Gasteiger partial charge in [0.1, 0.15) is 6.29 Å². The van der Waals surface area contributed by atoms with Gasteiger partial charge in [-0.1, -0.05) is 51.9 Å². The van der Waals surface area contributed by atoms with Crippen molar-refractivity contribution >= 4 is 18.2 Å². The molecule has 0 saturated heterocycles. The van der Waals surface area contributed by atoms with Crippen LogP contribution in [0.2, 0.25) is 0 Å². The maximum atomic E-state index is 10.8. The van der Waals surface area contributed by atoms with E-state index in [1.54, 1.807) is 0 Å². The van der Waals surface area contributed by atoms with E-state index in [4.69, 9.17) is 16.6 Å². The van der Waals surface area contributed by atoms with Crippen LogP contribution in [-0.2, 0) is 9.59 Å². The van der Waals surface area contributed by atoms with Crippen molar-refractivity contribution in [3.8, 4) is 0 Å². The molecule has 0 heterocycles. The number of unbranched alkanes of at least 4 members (excludes halogenated alkanes) is 7. The van der Waals surface area contributed by atoms with Crippen LogP contribution in [0.3, 0.4) is 0 Å². The van der Waals surface area contributed by atoms with Crippen LogP contribution in [-0.4, -0.2) is 29.9 Å². The molecule has 0 unspecified atom stereocenters. The molecule has 6 nitrogen and oxygen atoms in total. The zero-order chi connectivity index (χ0) is 18.2. The van der Waals surface area contributed by atoms with Gasteiger partial charge < -0.3 is 21.4 Å². The number of nitrogens with zero attached hydrogens (tertiary/aromatic N) is 1. The number of carboxylic acids is 1. The summed E-state index contributed by atoms with van der Waals surface area (Å²) in [6.07, 6.45) is 13.1. The number of carbonyl (C=O) groups excluding carboxylic acids is 1. The molecule has 0 spiro atoms. The first-order valence-electron chi connectivity index (χ1n) is 8.88. The fourth-order valence-corrected chi connectivity index (χ4v) is 2.51. The van der Waals surface area contributed by atoms with E-state index in [0.29, 0.717) is 6.42 Å². The van der Waals surface area contributed by atoms with Crippen LogP contribution < -0.4 is 11.5 Å². The van der Waals surface area contributed by atoms with Gasteiger partial charge in [-0.2, -0.15) is 0 Å². The fraction of sp³-hybridized carbons (Fsp3) is 0.722. The zero-order valence-electron chi connectivity index (χ0n) is 14.9. The number of rotatable bonds is 15. The van der Waals surface area contributed by atoms with Gasteiger partial charge in [-0.05, 0) is 24.8 Å². The molecule has 0 saturated carbocycles. The molecule has 0 aromatic rings. The zero-order valence-corrected chi connectivity index (χ0v) is 14.9. The molecular weight excluding hydrogens is 306 g/mol. The molecule has 0 bridgehead atoms. The van der Waals surface area contributed by atoms with Gasteiger partial charge in [0.15, 0.2) is 5.96 Å². The van der Waals surface area contributed by atoms with E-state index in [0.717, 1.165) is 44.0 Å². The highest BCUT2D eigenvalue weighted by atomic mass is 16.4. The van der Waals surface area contributed by atoms with Crippen LogP contribution in [0.5, 0.6) is 0 Å². The molecular formula is C18H33N3O3. The van der Waals surface area contributed by atoms with Gasteiger partial charge in [-0.25, -0.2) is 9.79 Å². The Morgan fingerprint density at radius 2 is 1.58 bits per heavy atom. The molecule has 0 radical (unpaired) electrons. The van der Waals surface area contributed by atoms with Crippen molar-refractivity contribution in [1.82, 2.24) is 0 Å². The third kappa shape index (κ3) is 15.1. The van der Waals surface area contributed by atoms with Crippen LogP contribution in [0.25, 0.3) is 0 Å². The highest BCUT2D eigenvalue weighted by Gasteiger charge is 2.02. The number of aliphatic carboxylic acids is 1. The summed E-state index contributed by atoms with van der Waals surface area (Å²) in [7, 11) is 0. The minimum atomic E-state index is -0.959. The summed E-state index contributed by atoms with van der Waals surface area (Å²) in [4.78, 5) is 25.1. The highest BCUT2D eigenvalue weighted by Crippen LogP contribution is 2.14. The maximum absolute atomic E-state index is 10.8. The Bertz CT molecular complexity index is 416. The topological polar surface area (TPSA) is 119 Å². The monoisotopic (exact) mass is 339 g/mol. The molecule has 1 atom stereocenters. The largest absolute Gasteiger partial charge is 0.478 e. The van der Waals surface area contributed by atoms with Crippen LogP contribution in [0, 0.1) is 5.92 Å². The molecule has 138 valence electrons. The number of carboxylic acid groups (broad SMARTS) is 1. The Balaban J connectivity index is 3.67. The van der Waals surface area contributed by atoms with Crippen molar-refractivity contribution in [2.75, 3.05) is 6.54 Å². The second-order valence-electron chi connectivity index (χ2n) is 6.36. The first-order valence-corrected chi connectivity index (χ1v) is 8.88. The summed E-state index contributed by atoms with van der Waals surface area (Å²) in [6, 6.07) is 0. The average Bonchev–Trinajstić information content (AvgIpc) is 2.53. The number of hydrogen-bond donors (Lipinski definition) is 3. The Morgan fingerprint density at radius 1 is 1.04 bits per heavy atom. The predicted octanol–water partition coefficient (Wildman–Crippen LogP) is 3.01. The van der Waals surface area contributed by atoms with E-state index < -0.39 is 5.97 Å². The molecule has 0 aliphatic heterocycles. The smallest absolute Gasteiger partial charge is 0.328 e. The minimum Gasteiger partial charge on any atom is -0.478 e. The summed E-state index contributed by atoms with van der Waals surface area (Å²) >= 11 is 0. The van der Waals surface area contributed by atoms with Crippen LogP contribution >= 0.6 is 0 Å². The Morgan fingerprint density at radius 3 is 2.08 bits per heavy atom. The standard InChI is InChI=1S/C18H33N3O3/c1-15(14-22)10-8-6-4-2-3-5-7-9-11-16(12-17(23)24)13-21-18(19)20/h12,14-15H,2-11,13H2,1H3,(H,23,24)(H4,19,20,21)/b16-12-/t15-/m0/s1. The molecule has 0 rings (SSSR count). The number of carbonyl (C=O) groups is 2. The summed E-state index contributed by atoms with van der Waals surface area (Å²) in [5.41, 5.74) is 11.3. The lowest BCUT2D eigenvalue weighted by Gasteiger charge is -2.05. The lowest BCUT2D eigenvalue weighted by Crippen LogP contribution is -2.23. The first kappa shape index (κ1) is 22.1. The number of nitrogens with two attached hydrogens (primary N) is 2. The Kier molecular flexibility index (Phi) is 13.6. The van der Waals surface area contributed by atoms with Gasteiger partial charge in [0, 0.05) is 12.0 Å². The summed E-state index contributed by atoms with van der Waals surface area (Å²) in [6.45, 7) is 2.22. The van der Waals surface area contributed by atoms with Crippen molar-refractivity contribution in [2.24, 2.45) is 22.4 Å². The SMILES string of the molecule is C[C@H](C=O)CCCCCCCCCC/C(=C/C(=O)O)CN=C(N)N. The van der Waals surface area contributed by atoms with E-state index >= 15 is 0 Å².